The Bertz CT molecular complexity index is 582. The first-order valence-electron chi connectivity index (χ1n) is 8.25. The highest BCUT2D eigenvalue weighted by Crippen LogP contribution is 2.43. The average Bonchev–Trinajstić information content (AvgIpc) is 2.68. The highest BCUT2D eigenvalue weighted by Gasteiger charge is 2.62. The molecule has 134 valence electrons. The second-order valence-electron chi connectivity index (χ2n) is 7.88. The molecule has 0 unspecified atom stereocenters. The fraction of sp³-hybridized carbons (Fsp3) is 0.611. The van der Waals surface area contributed by atoms with Crippen molar-refractivity contribution in [3.05, 3.63) is 35.9 Å². The summed E-state index contributed by atoms with van der Waals surface area (Å²) in [5.41, 5.74) is 0.943. The molecule has 0 aromatic heterocycles. The van der Waals surface area contributed by atoms with Crippen LogP contribution in [0.3, 0.4) is 0 Å². The second kappa shape index (κ2) is 6.56. The molecule has 0 bridgehead atoms. The lowest BCUT2D eigenvalue weighted by Crippen LogP contribution is -2.51. The first-order chi connectivity index (χ1) is 10.9. The van der Waals surface area contributed by atoms with Gasteiger partial charge in [0.05, 0.1) is 0 Å². The number of alkyl halides is 2. The lowest BCUT2D eigenvalue weighted by atomic mass is 10.0. The van der Waals surface area contributed by atoms with E-state index >= 15 is 0 Å². The molecule has 0 aliphatic carbocycles. The number of benzene rings is 1. The molecule has 1 aromatic rings. The molecule has 1 saturated heterocycles. The van der Waals surface area contributed by atoms with Crippen LogP contribution in [-0.2, 0) is 20.4 Å². The second-order valence-corrected chi connectivity index (χ2v) is 12.6. The maximum absolute atomic E-state index is 14.7. The van der Waals surface area contributed by atoms with Crippen LogP contribution in [0.2, 0.25) is 18.1 Å². The van der Waals surface area contributed by atoms with Crippen LogP contribution in [0.5, 0.6) is 0 Å². The number of esters is 1. The van der Waals surface area contributed by atoms with E-state index in [-0.39, 0.29) is 11.5 Å². The Hall–Kier alpha value is -1.27. The number of aryl methyl sites for hydroxylation is 1. The van der Waals surface area contributed by atoms with Gasteiger partial charge in [-0.3, -0.25) is 0 Å². The predicted octanol–water partition coefficient (Wildman–Crippen LogP) is 4.57. The number of carbonyl (C=O) groups is 1. The van der Waals surface area contributed by atoms with Gasteiger partial charge in [0, 0.05) is 0 Å². The molecule has 1 aromatic carbocycles. The molecule has 1 heterocycles. The quantitative estimate of drug-likeness (QED) is 0.573. The van der Waals surface area contributed by atoms with E-state index in [0.29, 0.717) is 6.42 Å². The Morgan fingerprint density at radius 3 is 2.33 bits per heavy atom. The molecular weight excluding hydrogens is 330 g/mol. The molecule has 0 saturated carbocycles. The maximum atomic E-state index is 14.7. The fourth-order valence-corrected chi connectivity index (χ4v) is 3.59. The summed E-state index contributed by atoms with van der Waals surface area (Å²) in [6.07, 6.45) is -2.71. The van der Waals surface area contributed by atoms with E-state index in [1.165, 1.54) is 0 Å². The first kappa shape index (κ1) is 19.1. The van der Waals surface area contributed by atoms with Crippen LogP contribution in [0.15, 0.2) is 30.3 Å². The first-order valence-corrected chi connectivity index (χ1v) is 11.2. The monoisotopic (exact) mass is 356 g/mol. The largest absolute Gasteiger partial charge is 0.454 e. The summed E-state index contributed by atoms with van der Waals surface area (Å²) < 4.78 is 40.1. The molecule has 0 N–H and O–H groups in total. The van der Waals surface area contributed by atoms with Crippen molar-refractivity contribution in [3.63, 3.8) is 0 Å². The minimum Gasteiger partial charge on any atom is -0.454 e. The molecule has 1 fully saturated rings. The summed E-state index contributed by atoms with van der Waals surface area (Å²) in [5, 5.41) is -0.258. The van der Waals surface area contributed by atoms with Crippen molar-refractivity contribution in [3.8, 4) is 0 Å². The summed E-state index contributed by atoms with van der Waals surface area (Å²) in [6.45, 7) is 9.56. The van der Waals surface area contributed by atoms with Gasteiger partial charge in [-0.25, -0.2) is 4.79 Å². The smallest absolute Gasteiger partial charge is 0.341 e. The van der Waals surface area contributed by atoms with Gasteiger partial charge in [0.15, 0.2) is 14.4 Å². The lowest BCUT2D eigenvalue weighted by molar-refractivity contribution is -0.147. The highest BCUT2D eigenvalue weighted by molar-refractivity contribution is 6.74. The third kappa shape index (κ3) is 3.86. The Balaban J connectivity index is 2.08. The summed E-state index contributed by atoms with van der Waals surface area (Å²) in [6, 6.07) is 9.34. The Morgan fingerprint density at radius 1 is 1.21 bits per heavy atom. The number of hydrogen-bond acceptors (Lipinski definition) is 3. The third-order valence-electron chi connectivity index (χ3n) is 5.01. The van der Waals surface area contributed by atoms with E-state index in [1.807, 2.05) is 64.2 Å². The topological polar surface area (TPSA) is 35.5 Å². The van der Waals surface area contributed by atoms with Gasteiger partial charge in [-0.2, -0.15) is 8.78 Å². The highest BCUT2D eigenvalue weighted by atomic mass is 28.4. The zero-order chi connectivity index (χ0) is 18.2. The van der Waals surface area contributed by atoms with Crippen molar-refractivity contribution in [2.24, 2.45) is 0 Å². The van der Waals surface area contributed by atoms with Crippen molar-refractivity contribution >= 4 is 14.3 Å². The molecule has 2 atom stereocenters. The van der Waals surface area contributed by atoms with Gasteiger partial charge >= 0.3 is 11.9 Å². The van der Waals surface area contributed by atoms with Crippen LogP contribution in [0.4, 0.5) is 8.78 Å². The molecule has 3 nitrogen and oxygen atoms in total. The Labute approximate surface area is 143 Å². The third-order valence-corrected chi connectivity index (χ3v) is 9.45. The van der Waals surface area contributed by atoms with Crippen LogP contribution in [0.1, 0.15) is 32.8 Å². The van der Waals surface area contributed by atoms with E-state index in [0.717, 1.165) is 5.56 Å². The standard InChI is InChI=1S/C18H26F2O3Si/c1-17(2,3)24(4,5)23-15-16(21)22-14(18(15,19)20)12-11-13-9-7-6-8-10-13/h6-10,14-15H,11-12H2,1-5H3/t14-,15-/m0/s1. The van der Waals surface area contributed by atoms with E-state index < -0.39 is 32.4 Å². The van der Waals surface area contributed by atoms with Crippen LogP contribution in [0, 0.1) is 0 Å². The molecule has 2 rings (SSSR count). The predicted molar refractivity (Wildman–Crippen MR) is 91.7 cm³/mol. The summed E-state index contributed by atoms with van der Waals surface area (Å²) in [7, 11) is -2.50. The number of ether oxygens (including phenoxy) is 1. The maximum Gasteiger partial charge on any atom is 0.341 e. The minimum atomic E-state index is -3.30. The van der Waals surface area contributed by atoms with Crippen molar-refractivity contribution in [2.45, 2.75) is 69.9 Å². The van der Waals surface area contributed by atoms with Crippen molar-refractivity contribution in [1.29, 1.82) is 0 Å². The summed E-state index contributed by atoms with van der Waals surface area (Å²) >= 11 is 0. The summed E-state index contributed by atoms with van der Waals surface area (Å²) in [5.74, 6) is -4.25. The molecule has 1 aliphatic rings. The lowest BCUT2D eigenvalue weighted by Gasteiger charge is -2.38. The number of rotatable bonds is 5. The van der Waals surface area contributed by atoms with E-state index in [1.54, 1.807) is 0 Å². The van der Waals surface area contributed by atoms with Gasteiger partial charge in [0.25, 0.3) is 0 Å². The van der Waals surface area contributed by atoms with Gasteiger partial charge in [-0.05, 0) is 36.5 Å². The SMILES string of the molecule is CC(C)(C)[Si](C)(C)O[C@H]1C(=O)O[C@@H](CCc2ccccc2)C1(F)F. The van der Waals surface area contributed by atoms with Gasteiger partial charge in [-0.1, -0.05) is 51.1 Å². The number of cyclic esters (lactones) is 1. The van der Waals surface area contributed by atoms with Gasteiger partial charge < -0.3 is 9.16 Å². The van der Waals surface area contributed by atoms with Crippen LogP contribution in [-0.4, -0.2) is 32.4 Å². The van der Waals surface area contributed by atoms with E-state index in [9.17, 15) is 13.6 Å². The fourth-order valence-electron chi connectivity index (χ4n) is 2.40. The Morgan fingerprint density at radius 2 is 1.79 bits per heavy atom. The molecule has 0 amide bonds. The van der Waals surface area contributed by atoms with Gasteiger partial charge in [-0.15, -0.1) is 0 Å². The average molecular weight is 356 g/mol. The minimum absolute atomic E-state index is 0.0834. The zero-order valence-corrected chi connectivity index (χ0v) is 15.9. The van der Waals surface area contributed by atoms with Crippen molar-refractivity contribution < 1.29 is 22.7 Å². The van der Waals surface area contributed by atoms with Gasteiger partial charge in [0.1, 0.15) is 0 Å². The number of halogens is 2. The Kier molecular flexibility index (Phi) is 5.21. The van der Waals surface area contributed by atoms with Crippen molar-refractivity contribution in [2.75, 3.05) is 0 Å². The van der Waals surface area contributed by atoms with Gasteiger partial charge in [0.2, 0.25) is 6.10 Å². The summed E-state index contributed by atoms with van der Waals surface area (Å²) in [4.78, 5) is 12.0. The zero-order valence-electron chi connectivity index (χ0n) is 14.9. The molecule has 1 aliphatic heterocycles. The van der Waals surface area contributed by atoms with E-state index in [2.05, 4.69) is 0 Å². The van der Waals surface area contributed by atoms with Crippen LogP contribution >= 0.6 is 0 Å². The molecule has 0 radical (unpaired) electrons. The van der Waals surface area contributed by atoms with E-state index in [4.69, 9.17) is 9.16 Å². The van der Waals surface area contributed by atoms with Crippen molar-refractivity contribution in [1.82, 2.24) is 0 Å². The molecular formula is C18H26F2O3Si. The normalized spacial score (nSPS) is 24.0. The number of carbonyl (C=O) groups excluding carboxylic acids is 1. The molecule has 6 heteroatoms. The molecule has 0 spiro atoms. The van der Waals surface area contributed by atoms with Crippen LogP contribution < -0.4 is 0 Å². The number of hydrogen-bond donors (Lipinski definition) is 0. The molecule has 24 heavy (non-hydrogen) atoms. The van der Waals surface area contributed by atoms with Crippen LogP contribution in [0.25, 0.3) is 0 Å².